The molecule has 3 heterocycles. The van der Waals surface area contributed by atoms with Gasteiger partial charge in [-0.15, -0.1) is 0 Å². The second-order valence-electron chi connectivity index (χ2n) is 12.6. The molecule has 2 aliphatic heterocycles. The molecule has 2 fully saturated rings. The monoisotopic (exact) mass is 664 g/mol. The normalized spacial score (nSPS) is 17.5. The van der Waals surface area contributed by atoms with E-state index >= 15 is 0 Å². The van der Waals surface area contributed by atoms with Crippen molar-refractivity contribution in [1.82, 2.24) is 20.1 Å². The molecule has 2 aliphatic rings. The number of alkyl halides is 3. The summed E-state index contributed by atoms with van der Waals surface area (Å²) < 4.78 is 47.3. The number of piperidine rings is 2. The lowest BCUT2D eigenvalue weighted by Gasteiger charge is -2.40. The summed E-state index contributed by atoms with van der Waals surface area (Å²) in [6.07, 6.45) is 1.21. The average Bonchev–Trinajstić information content (AvgIpc) is 3.08. The van der Waals surface area contributed by atoms with E-state index in [-0.39, 0.29) is 17.5 Å². The molecule has 3 aromatic carbocycles. The number of carbonyl (C=O) groups excluding carboxylic acids is 1. The zero-order chi connectivity index (χ0) is 33.1. The molecule has 6 rings (SSSR count). The Morgan fingerprint density at radius 2 is 1.72 bits per heavy atom. The highest BCUT2D eigenvalue weighted by molar-refractivity contribution is 6.33. The van der Waals surface area contributed by atoms with Crippen LogP contribution in [0, 0.1) is 0 Å². The Bertz CT molecular complexity index is 1720. The summed E-state index contributed by atoms with van der Waals surface area (Å²) in [5.41, 5.74) is 2.11. The largest absolute Gasteiger partial charge is 0.495 e. The highest BCUT2D eigenvalue weighted by Gasteiger charge is 2.33. The molecule has 0 bridgehead atoms. The quantitative estimate of drug-likeness (QED) is 0.205. The number of hydrogen-bond donors (Lipinski definition) is 1. The van der Waals surface area contributed by atoms with Gasteiger partial charge in [0.15, 0.2) is 0 Å². The lowest BCUT2D eigenvalue weighted by atomic mass is 9.93. The van der Waals surface area contributed by atoms with Crippen molar-refractivity contribution in [2.75, 3.05) is 33.3 Å². The Hall–Kier alpha value is -3.66. The molecule has 0 saturated carbocycles. The zero-order valence-corrected chi connectivity index (χ0v) is 27.5. The van der Waals surface area contributed by atoms with Crippen LogP contribution in [-0.2, 0) is 12.7 Å². The van der Waals surface area contributed by atoms with E-state index in [0.717, 1.165) is 56.7 Å². The Morgan fingerprint density at radius 3 is 2.40 bits per heavy atom. The second kappa shape index (κ2) is 14.2. The number of nitrogens with zero attached hydrogens (tertiary/aromatic N) is 3. The van der Waals surface area contributed by atoms with Crippen LogP contribution in [-0.4, -0.2) is 60.0 Å². The van der Waals surface area contributed by atoms with Crippen LogP contribution in [0.3, 0.4) is 0 Å². The number of nitrogens with one attached hydrogen (secondary N) is 1. The number of ether oxygens (including phenoxy) is 1. The number of rotatable bonds is 8. The Balaban J connectivity index is 1.47. The fourth-order valence-electron chi connectivity index (χ4n) is 7.00. The van der Waals surface area contributed by atoms with Crippen LogP contribution in [0.1, 0.15) is 72.1 Å². The van der Waals surface area contributed by atoms with E-state index < -0.39 is 11.7 Å². The van der Waals surface area contributed by atoms with E-state index in [1.807, 2.05) is 37.3 Å². The molecule has 6 nitrogen and oxygen atoms in total. The van der Waals surface area contributed by atoms with E-state index in [4.69, 9.17) is 21.3 Å². The smallest absolute Gasteiger partial charge is 0.416 e. The minimum absolute atomic E-state index is 0.289. The second-order valence-corrected chi connectivity index (χ2v) is 13.0. The van der Waals surface area contributed by atoms with E-state index in [9.17, 15) is 18.0 Å². The van der Waals surface area contributed by atoms with Crippen molar-refractivity contribution in [2.24, 2.45) is 0 Å². The molecule has 1 atom stereocenters. The van der Waals surface area contributed by atoms with Crippen LogP contribution in [0.2, 0.25) is 5.02 Å². The number of halogens is 4. The fourth-order valence-corrected chi connectivity index (χ4v) is 7.23. The number of likely N-dealkylation sites (tertiary alicyclic amines) is 2. The van der Waals surface area contributed by atoms with Gasteiger partial charge in [0.05, 0.1) is 40.5 Å². The number of methoxy groups -OCH3 is 1. The topological polar surface area (TPSA) is 57.7 Å². The summed E-state index contributed by atoms with van der Waals surface area (Å²) in [6, 6.07) is 18.3. The van der Waals surface area contributed by atoms with E-state index in [0.29, 0.717) is 51.1 Å². The third kappa shape index (κ3) is 7.42. The Kier molecular flexibility index (Phi) is 10.1. The van der Waals surface area contributed by atoms with Crippen LogP contribution < -0.4 is 10.1 Å². The maximum absolute atomic E-state index is 14.4. The average molecular weight is 665 g/mol. The fraction of sp³-hybridized carbons (Fsp3) is 0.405. The third-order valence-electron chi connectivity index (χ3n) is 9.54. The van der Waals surface area contributed by atoms with Crippen molar-refractivity contribution in [2.45, 2.75) is 63.8 Å². The summed E-state index contributed by atoms with van der Waals surface area (Å²) in [5.74, 6) is 0.0378. The number of benzene rings is 3. The lowest BCUT2D eigenvalue weighted by Crippen LogP contribution is -2.46. The summed E-state index contributed by atoms with van der Waals surface area (Å²) >= 11 is 6.53. The molecule has 0 radical (unpaired) electrons. The van der Waals surface area contributed by atoms with Crippen molar-refractivity contribution in [3.8, 4) is 17.0 Å². The van der Waals surface area contributed by atoms with Crippen LogP contribution in [0.15, 0.2) is 66.7 Å². The predicted molar refractivity (Wildman–Crippen MR) is 180 cm³/mol. The number of hydrogen-bond acceptors (Lipinski definition) is 5. The van der Waals surface area contributed by atoms with Gasteiger partial charge in [-0.25, -0.2) is 4.98 Å². The van der Waals surface area contributed by atoms with Crippen LogP contribution in [0.4, 0.5) is 13.2 Å². The van der Waals surface area contributed by atoms with Crippen LogP contribution >= 0.6 is 11.6 Å². The Morgan fingerprint density at radius 1 is 1.00 bits per heavy atom. The van der Waals surface area contributed by atoms with Crippen molar-refractivity contribution < 1.29 is 22.7 Å². The lowest BCUT2D eigenvalue weighted by molar-refractivity contribution is -0.137. The highest BCUT2D eigenvalue weighted by Crippen LogP contribution is 2.39. The first-order valence-corrected chi connectivity index (χ1v) is 16.7. The summed E-state index contributed by atoms with van der Waals surface area (Å²) in [7, 11) is 1.50. The van der Waals surface area contributed by atoms with Crippen molar-refractivity contribution in [3.63, 3.8) is 0 Å². The number of aromatic nitrogens is 1. The van der Waals surface area contributed by atoms with Crippen LogP contribution in [0.5, 0.6) is 5.75 Å². The maximum atomic E-state index is 14.4. The number of fused-ring (bicyclic) bond motifs is 1. The van der Waals surface area contributed by atoms with Crippen molar-refractivity contribution >= 4 is 28.4 Å². The van der Waals surface area contributed by atoms with Crippen molar-refractivity contribution in [3.05, 3.63) is 94.0 Å². The van der Waals surface area contributed by atoms with E-state index in [2.05, 4.69) is 15.1 Å². The molecule has 10 heteroatoms. The van der Waals surface area contributed by atoms with Gasteiger partial charge in [0, 0.05) is 29.1 Å². The summed E-state index contributed by atoms with van der Waals surface area (Å²) in [5, 5.41) is 3.97. The van der Waals surface area contributed by atoms with Gasteiger partial charge >= 0.3 is 6.18 Å². The molecule has 248 valence electrons. The number of pyridine rings is 1. The Labute approximate surface area is 278 Å². The maximum Gasteiger partial charge on any atom is 0.416 e. The van der Waals surface area contributed by atoms with Gasteiger partial charge in [0.2, 0.25) is 0 Å². The molecule has 2 saturated heterocycles. The van der Waals surface area contributed by atoms with Gasteiger partial charge < -0.3 is 15.0 Å². The van der Waals surface area contributed by atoms with E-state index in [1.54, 1.807) is 18.2 Å². The first-order chi connectivity index (χ1) is 22.6. The minimum Gasteiger partial charge on any atom is -0.495 e. The van der Waals surface area contributed by atoms with Gasteiger partial charge in [0.1, 0.15) is 5.75 Å². The zero-order valence-electron chi connectivity index (χ0n) is 26.7. The van der Waals surface area contributed by atoms with Gasteiger partial charge in [0.25, 0.3) is 5.91 Å². The minimum atomic E-state index is -4.54. The molecule has 0 aliphatic carbocycles. The number of amides is 1. The summed E-state index contributed by atoms with van der Waals surface area (Å²) in [6.45, 7) is 6.15. The van der Waals surface area contributed by atoms with E-state index in [1.165, 1.54) is 32.4 Å². The highest BCUT2D eigenvalue weighted by atomic mass is 35.5. The predicted octanol–water partition coefficient (Wildman–Crippen LogP) is 8.52. The summed E-state index contributed by atoms with van der Waals surface area (Å²) in [4.78, 5) is 24.3. The molecule has 47 heavy (non-hydrogen) atoms. The molecule has 1 N–H and O–H groups in total. The SMILES string of the molecule is COc1cc2c(C(=O)N[C@@H](C)c3ccccc3)c(CN3CCC(N4CCCCC4)CC3)c(-c3cccc(C(F)(F)F)c3)nc2cc1Cl. The third-order valence-corrected chi connectivity index (χ3v) is 9.84. The van der Waals surface area contributed by atoms with Gasteiger partial charge in [-0.3, -0.25) is 9.69 Å². The molecule has 0 spiro atoms. The molecule has 1 aromatic heterocycles. The van der Waals surface area contributed by atoms with Crippen LogP contribution in [0.25, 0.3) is 22.2 Å². The van der Waals surface area contributed by atoms with Gasteiger partial charge in [-0.2, -0.15) is 13.2 Å². The number of carbonyl (C=O) groups is 1. The molecule has 1 amide bonds. The molecule has 0 unspecified atom stereocenters. The van der Waals surface area contributed by atoms with Crippen molar-refractivity contribution in [1.29, 1.82) is 0 Å². The van der Waals surface area contributed by atoms with Gasteiger partial charge in [-0.1, -0.05) is 60.5 Å². The first-order valence-electron chi connectivity index (χ1n) is 16.3. The molecule has 4 aromatic rings. The molecular weight excluding hydrogens is 625 g/mol. The van der Waals surface area contributed by atoms with Gasteiger partial charge in [-0.05, 0) is 88.6 Å². The molecular formula is C37H40ClF3N4O2. The standard InChI is InChI=1S/C37H40ClF3N4O2/c1-24(25-10-5-3-6-11-25)42-36(46)34-29-21-33(47-2)31(38)22-32(29)43-35(26-12-9-13-27(20-26)37(39,40)41)30(34)23-44-18-14-28(15-19-44)45-16-7-4-8-17-45/h3,5-6,9-13,20-22,24,28H,4,7-8,14-19,23H2,1-2H3,(H,42,46)/t24-/m0/s1. The first kappa shape index (κ1) is 33.2.